The molecule has 0 aliphatic carbocycles. The molecule has 0 aliphatic rings. The molecule has 0 unspecified atom stereocenters. The van der Waals surface area contributed by atoms with Crippen LogP contribution in [0.4, 0.5) is 5.69 Å². The minimum atomic E-state index is 0.654. The predicted octanol–water partition coefficient (Wildman–Crippen LogP) is 3.88. The van der Waals surface area contributed by atoms with E-state index in [-0.39, 0.29) is 0 Å². The van der Waals surface area contributed by atoms with Gasteiger partial charge < -0.3 is 9.32 Å². The Morgan fingerprint density at radius 1 is 1.39 bits per heavy atom. The van der Waals surface area contributed by atoms with Gasteiger partial charge in [0.05, 0.1) is 12.8 Å². The summed E-state index contributed by atoms with van der Waals surface area (Å²) in [5.41, 5.74) is 1.60. The molecule has 3 nitrogen and oxygen atoms in total. The van der Waals surface area contributed by atoms with E-state index in [2.05, 4.69) is 27.8 Å². The summed E-state index contributed by atoms with van der Waals surface area (Å²) in [5, 5.41) is 0. The van der Waals surface area contributed by atoms with Gasteiger partial charge in [0.2, 0.25) is 0 Å². The first-order chi connectivity index (χ1) is 8.74. The molecule has 0 bridgehead atoms. The highest BCUT2D eigenvalue weighted by atomic mass is 79.9. The lowest BCUT2D eigenvalue weighted by atomic mass is 10.1. The van der Waals surface area contributed by atoms with Crippen LogP contribution in [0, 0.1) is 0 Å². The van der Waals surface area contributed by atoms with E-state index in [1.165, 1.54) is 0 Å². The van der Waals surface area contributed by atoms with Crippen LogP contribution in [0.5, 0.6) is 0 Å². The maximum Gasteiger partial charge on any atom is 0.152 e. The Morgan fingerprint density at radius 3 is 2.83 bits per heavy atom. The fourth-order valence-corrected chi connectivity index (χ4v) is 2.20. The lowest BCUT2D eigenvalue weighted by molar-refractivity contribution is 0.112. The van der Waals surface area contributed by atoms with Crippen LogP contribution in [0.15, 0.2) is 45.5 Å². The van der Waals surface area contributed by atoms with Crippen molar-refractivity contribution in [3.63, 3.8) is 0 Å². The number of benzene rings is 1. The summed E-state index contributed by atoms with van der Waals surface area (Å²) in [5.74, 6) is 0.883. The number of nitrogens with zero attached hydrogens (tertiary/aromatic N) is 1. The Balaban J connectivity index is 2.31. The molecule has 0 N–H and O–H groups in total. The second-order valence-corrected chi connectivity index (χ2v) is 4.83. The summed E-state index contributed by atoms with van der Waals surface area (Å²) in [7, 11) is 0. The molecule has 0 saturated carbocycles. The highest BCUT2D eigenvalue weighted by Crippen LogP contribution is 2.25. The zero-order chi connectivity index (χ0) is 13.0. The topological polar surface area (TPSA) is 33.5 Å². The number of rotatable bonds is 5. The molecular formula is C14H14BrNO2. The summed E-state index contributed by atoms with van der Waals surface area (Å²) in [4.78, 5) is 13.2. The number of halogens is 1. The van der Waals surface area contributed by atoms with Crippen molar-refractivity contribution in [1.82, 2.24) is 0 Å². The van der Waals surface area contributed by atoms with Crippen molar-refractivity contribution in [2.75, 3.05) is 11.4 Å². The van der Waals surface area contributed by atoms with Crippen LogP contribution < -0.4 is 4.90 Å². The van der Waals surface area contributed by atoms with E-state index in [0.717, 1.165) is 28.8 Å². The molecule has 2 aromatic rings. The Hall–Kier alpha value is -1.55. The minimum Gasteiger partial charge on any atom is -0.467 e. The fraction of sp³-hybridized carbons (Fsp3) is 0.214. The normalized spacial score (nSPS) is 10.3. The molecule has 0 saturated heterocycles. The van der Waals surface area contributed by atoms with Gasteiger partial charge in [-0.25, -0.2) is 0 Å². The van der Waals surface area contributed by atoms with E-state index >= 15 is 0 Å². The second-order valence-electron chi connectivity index (χ2n) is 3.91. The summed E-state index contributed by atoms with van der Waals surface area (Å²) >= 11 is 3.43. The summed E-state index contributed by atoms with van der Waals surface area (Å²) < 4.78 is 6.31. The van der Waals surface area contributed by atoms with Crippen molar-refractivity contribution in [1.29, 1.82) is 0 Å². The van der Waals surface area contributed by atoms with E-state index in [9.17, 15) is 4.79 Å². The summed E-state index contributed by atoms with van der Waals surface area (Å²) in [6, 6.07) is 9.44. The maximum atomic E-state index is 11.1. The molecule has 0 amide bonds. The molecule has 4 heteroatoms. The van der Waals surface area contributed by atoms with Crippen molar-refractivity contribution in [3.8, 4) is 0 Å². The van der Waals surface area contributed by atoms with E-state index in [1.807, 2.05) is 30.3 Å². The average molecular weight is 308 g/mol. The van der Waals surface area contributed by atoms with Gasteiger partial charge in [-0.15, -0.1) is 0 Å². The third-order valence-electron chi connectivity index (χ3n) is 2.77. The van der Waals surface area contributed by atoms with E-state index < -0.39 is 0 Å². The van der Waals surface area contributed by atoms with Crippen molar-refractivity contribution < 1.29 is 9.21 Å². The molecular weight excluding hydrogens is 294 g/mol. The van der Waals surface area contributed by atoms with Gasteiger partial charge in [0.1, 0.15) is 5.76 Å². The molecule has 1 aromatic heterocycles. The second kappa shape index (κ2) is 5.87. The first kappa shape index (κ1) is 12.9. The molecule has 18 heavy (non-hydrogen) atoms. The van der Waals surface area contributed by atoms with E-state index in [1.54, 1.807) is 6.26 Å². The standard InChI is InChI=1S/C14H14BrNO2/c1-2-16(9-13-4-3-7-18-13)14-8-12(15)6-5-11(14)10-17/h3-8,10H,2,9H2,1H3. The molecule has 0 aliphatic heterocycles. The van der Waals surface area contributed by atoms with Crippen LogP contribution >= 0.6 is 15.9 Å². The highest BCUT2D eigenvalue weighted by molar-refractivity contribution is 9.10. The SMILES string of the molecule is CCN(Cc1ccco1)c1cc(Br)ccc1C=O. The number of aldehydes is 1. The van der Waals surface area contributed by atoms with Gasteiger partial charge in [-0.1, -0.05) is 15.9 Å². The smallest absolute Gasteiger partial charge is 0.152 e. The quantitative estimate of drug-likeness (QED) is 0.786. The third-order valence-corrected chi connectivity index (χ3v) is 3.26. The summed E-state index contributed by atoms with van der Waals surface area (Å²) in [6.45, 7) is 3.51. The van der Waals surface area contributed by atoms with Crippen LogP contribution in [0.1, 0.15) is 23.0 Å². The fourth-order valence-electron chi connectivity index (χ4n) is 1.85. The third kappa shape index (κ3) is 2.82. The zero-order valence-electron chi connectivity index (χ0n) is 10.1. The van der Waals surface area contributed by atoms with Gasteiger partial charge in [0, 0.05) is 22.3 Å². The molecule has 0 atom stereocenters. The number of carbonyl (C=O) groups excluding carboxylic acids is 1. The number of carbonyl (C=O) groups is 1. The molecule has 0 fully saturated rings. The van der Waals surface area contributed by atoms with Gasteiger partial charge in [0.25, 0.3) is 0 Å². The van der Waals surface area contributed by atoms with E-state index in [0.29, 0.717) is 12.1 Å². The lowest BCUT2D eigenvalue weighted by Gasteiger charge is -2.23. The molecule has 1 aromatic carbocycles. The Kier molecular flexibility index (Phi) is 4.20. The zero-order valence-corrected chi connectivity index (χ0v) is 11.7. The summed E-state index contributed by atoms with van der Waals surface area (Å²) in [6.07, 6.45) is 2.54. The maximum absolute atomic E-state index is 11.1. The lowest BCUT2D eigenvalue weighted by Crippen LogP contribution is -2.23. The largest absolute Gasteiger partial charge is 0.467 e. The number of anilines is 1. The van der Waals surface area contributed by atoms with Crippen molar-refractivity contribution >= 4 is 27.9 Å². The number of hydrogen-bond donors (Lipinski definition) is 0. The van der Waals surface area contributed by atoms with Gasteiger partial charge >= 0.3 is 0 Å². The van der Waals surface area contributed by atoms with Crippen molar-refractivity contribution in [2.45, 2.75) is 13.5 Å². The van der Waals surface area contributed by atoms with Crippen molar-refractivity contribution in [2.24, 2.45) is 0 Å². The number of furan rings is 1. The van der Waals surface area contributed by atoms with Gasteiger partial charge in [0.15, 0.2) is 6.29 Å². The van der Waals surface area contributed by atoms with Crippen LogP contribution in [0.25, 0.3) is 0 Å². The molecule has 0 spiro atoms. The Bertz CT molecular complexity index is 523. The van der Waals surface area contributed by atoms with Crippen LogP contribution in [-0.4, -0.2) is 12.8 Å². The highest BCUT2D eigenvalue weighted by Gasteiger charge is 2.11. The first-order valence-electron chi connectivity index (χ1n) is 5.76. The molecule has 1 heterocycles. The van der Waals surface area contributed by atoms with Crippen LogP contribution in [-0.2, 0) is 6.54 Å². The first-order valence-corrected chi connectivity index (χ1v) is 6.56. The van der Waals surface area contributed by atoms with Crippen LogP contribution in [0.3, 0.4) is 0 Å². The molecule has 2 rings (SSSR count). The van der Waals surface area contributed by atoms with Crippen LogP contribution in [0.2, 0.25) is 0 Å². The van der Waals surface area contributed by atoms with Gasteiger partial charge in [-0.3, -0.25) is 4.79 Å². The van der Waals surface area contributed by atoms with Gasteiger partial charge in [-0.2, -0.15) is 0 Å². The molecule has 0 radical (unpaired) electrons. The van der Waals surface area contributed by atoms with Gasteiger partial charge in [-0.05, 0) is 37.3 Å². The Labute approximate surface area is 115 Å². The number of hydrogen-bond acceptors (Lipinski definition) is 3. The molecule has 94 valence electrons. The van der Waals surface area contributed by atoms with E-state index in [4.69, 9.17) is 4.42 Å². The predicted molar refractivity (Wildman–Crippen MR) is 75.0 cm³/mol. The Morgan fingerprint density at radius 2 is 2.22 bits per heavy atom. The van der Waals surface area contributed by atoms with Crippen molar-refractivity contribution in [3.05, 3.63) is 52.4 Å². The monoisotopic (exact) mass is 307 g/mol. The minimum absolute atomic E-state index is 0.654. The average Bonchev–Trinajstić information content (AvgIpc) is 2.88.